The first-order valence-electron chi connectivity index (χ1n) is 5.14. The molecule has 6 nitrogen and oxygen atoms in total. The van der Waals surface area contributed by atoms with E-state index < -0.39 is 17.5 Å². The normalized spacial score (nSPS) is 12.7. The molecule has 0 aromatic rings. The van der Waals surface area contributed by atoms with Crippen LogP contribution in [0.25, 0.3) is 0 Å². The molecule has 0 aliphatic heterocycles. The Morgan fingerprint density at radius 2 is 1.76 bits per heavy atom. The van der Waals surface area contributed by atoms with Crippen LogP contribution in [0.3, 0.4) is 0 Å². The van der Waals surface area contributed by atoms with E-state index in [1.165, 1.54) is 0 Å². The number of hydrogen-bond acceptors (Lipinski definition) is 5. The van der Waals surface area contributed by atoms with Crippen molar-refractivity contribution in [2.75, 3.05) is 0 Å². The number of carbonyl (C=O) groups excluding carboxylic acids is 1. The van der Waals surface area contributed by atoms with Crippen LogP contribution in [0.5, 0.6) is 0 Å². The number of carboxylic acid groups (broad SMARTS) is 1. The van der Waals surface area contributed by atoms with Crippen molar-refractivity contribution < 1.29 is 29.5 Å². The van der Waals surface area contributed by atoms with Crippen LogP contribution in [0.2, 0.25) is 0 Å². The number of carbonyl (C=O) groups is 2. The molecule has 0 aromatic heterocycles. The highest BCUT2D eigenvalue weighted by Gasteiger charge is 2.20. The Bertz CT molecular complexity index is 310. The van der Waals surface area contributed by atoms with Gasteiger partial charge in [-0.15, -0.1) is 0 Å². The van der Waals surface area contributed by atoms with Gasteiger partial charge in [-0.05, 0) is 31.7 Å². The SMILES string of the molecule is CC(C)C(=CC(=O)O)C(=O)OOOC(C)(C)C. The lowest BCUT2D eigenvalue weighted by molar-refractivity contribution is -0.513. The third-order valence-corrected chi connectivity index (χ3v) is 1.53. The lowest BCUT2D eigenvalue weighted by atomic mass is 10.0. The van der Waals surface area contributed by atoms with Crippen LogP contribution in [-0.2, 0) is 24.4 Å². The van der Waals surface area contributed by atoms with E-state index >= 15 is 0 Å². The van der Waals surface area contributed by atoms with Gasteiger partial charge in [-0.3, -0.25) is 4.89 Å². The van der Waals surface area contributed by atoms with Crippen molar-refractivity contribution >= 4 is 11.9 Å². The van der Waals surface area contributed by atoms with E-state index in [4.69, 9.17) is 9.99 Å². The van der Waals surface area contributed by atoms with E-state index in [0.29, 0.717) is 0 Å². The number of rotatable bonds is 5. The van der Waals surface area contributed by atoms with Gasteiger partial charge in [0.15, 0.2) is 0 Å². The van der Waals surface area contributed by atoms with Gasteiger partial charge in [0.2, 0.25) is 0 Å². The molecule has 0 unspecified atom stereocenters. The second-order valence-electron chi connectivity index (χ2n) is 4.73. The highest BCUT2D eigenvalue weighted by molar-refractivity contribution is 5.95. The smallest absolute Gasteiger partial charge is 0.372 e. The lowest BCUT2D eigenvalue weighted by Gasteiger charge is -2.16. The van der Waals surface area contributed by atoms with E-state index in [1.54, 1.807) is 34.6 Å². The van der Waals surface area contributed by atoms with E-state index in [1.807, 2.05) is 0 Å². The Labute approximate surface area is 100 Å². The molecule has 1 N–H and O–H groups in total. The molecular formula is C11H18O6. The molecule has 0 spiro atoms. The zero-order valence-electron chi connectivity index (χ0n) is 10.6. The van der Waals surface area contributed by atoms with Crippen molar-refractivity contribution in [2.45, 2.75) is 40.2 Å². The summed E-state index contributed by atoms with van der Waals surface area (Å²) in [6, 6.07) is 0. The standard InChI is InChI=1S/C11H18O6/c1-7(2)8(6-9(12)13)10(14)15-17-16-11(3,4)5/h6-7H,1-5H3,(H,12,13). The van der Waals surface area contributed by atoms with Gasteiger partial charge in [-0.25, -0.2) is 9.59 Å². The van der Waals surface area contributed by atoms with Gasteiger partial charge in [-0.2, -0.15) is 4.89 Å². The summed E-state index contributed by atoms with van der Waals surface area (Å²) < 4.78 is 0. The predicted octanol–water partition coefficient (Wildman–Crippen LogP) is 1.86. The minimum absolute atomic E-state index is 0.00462. The Hall–Kier alpha value is -1.40. The molecule has 0 aliphatic carbocycles. The summed E-state index contributed by atoms with van der Waals surface area (Å²) in [5.41, 5.74) is -0.635. The summed E-state index contributed by atoms with van der Waals surface area (Å²) in [5, 5.41) is 12.9. The quantitative estimate of drug-likeness (QED) is 0.453. The minimum Gasteiger partial charge on any atom is -0.478 e. The fourth-order valence-electron chi connectivity index (χ4n) is 0.792. The molecule has 0 amide bonds. The van der Waals surface area contributed by atoms with Crippen molar-refractivity contribution in [2.24, 2.45) is 5.92 Å². The average Bonchev–Trinajstić information content (AvgIpc) is 2.11. The monoisotopic (exact) mass is 246 g/mol. The van der Waals surface area contributed by atoms with Crippen LogP contribution in [0.1, 0.15) is 34.6 Å². The van der Waals surface area contributed by atoms with Crippen LogP contribution in [-0.4, -0.2) is 22.6 Å². The molecule has 6 heteroatoms. The molecule has 98 valence electrons. The fourth-order valence-corrected chi connectivity index (χ4v) is 0.792. The fraction of sp³-hybridized carbons (Fsp3) is 0.636. The van der Waals surface area contributed by atoms with Gasteiger partial charge in [0.25, 0.3) is 0 Å². The Morgan fingerprint density at radius 1 is 1.24 bits per heavy atom. The zero-order valence-corrected chi connectivity index (χ0v) is 10.6. The summed E-state index contributed by atoms with van der Waals surface area (Å²) in [7, 11) is 0. The molecular weight excluding hydrogens is 228 g/mol. The van der Waals surface area contributed by atoms with Crippen molar-refractivity contribution in [3.05, 3.63) is 11.6 Å². The molecule has 0 saturated heterocycles. The minimum atomic E-state index is -1.22. The van der Waals surface area contributed by atoms with Crippen molar-refractivity contribution in [3.8, 4) is 0 Å². The van der Waals surface area contributed by atoms with Crippen molar-refractivity contribution in [1.29, 1.82) is 0 Å². The van der Waals surface area contributed by atoms with Gasteiger partial charge in [0.1, 0.15) is 0 Å². The topological polar surface area (TPSA) is 82.1 Å². The van der Waals surface area contributed by atoms with Crippen LogP contribution in [0, 0.1) is 5.92 Å². The first kappa shape index (κ1) is 15.6. The maximum absolute atomic E-state index is 11.4. The second kappa shape index (κ2) is 6.36. The molecule has 0 bridgehead atoms. The second-order valence-corrected chi connectivity index (χ2v) is 4.73. The Kier molecular flexibility index (Phi) is 5.84. The number of aliphatic carboxylic acids is 1. The average molecular weight is 246 g/mol. The molecule has 0 aromatic carbocycles. The largest absolute Gasteiger partial charge is 0.478 e. The summed E-state index contributed by atoms with van der Waals surface area (Å²) >= 11 is 0. The first-order chi connectivity index (χ1) is 7.63. The maximum atomic E-state index is 11.4. The van der Waals surface area contributed by atoms with E-state index in [9.17, 15) is 9.59 Å². The third-order valence-electron chi connectivity index (χ3n) is 1.53. The summed E-state index contributed by atoms with van der Waals surface area (Å²) in [4.78, 5) is 31.0. The van der Waals surface area contributed by atoms with Crippen LogP contribution < -0.4 is 0 Å². The lowest BCUT2D eigenvalue weighted by Crippen LogP contribution is -2.22. The van der Waals surface area contributed by atoms with Crippen LogP contribution in [0.4, 0.5) is 0 Å². The summed E-state index contributed by atoms with van der Waals surface area (Å²) in [6.07, 6.45) is 0.785. The van der Waals surface area contributed by atoms with Gasteiger partial charge < -0.3 is 5.11 Å². The third kappa shape index (κ3) is 7.48. The molecule has 0 rings (SSSR count). The number of carboxylic acids is 1. The van der Waals surface area contributed by atoms with Gasteiger partial charge in [0, 0.05) is 6.08 Å². The molecule has 0 atom stereocenters. The van der Waals surface area contributed by atoms with E-state index in [0.717, 1.165) is 6.08 Å². The van der Waals surface area contributed by atoms with Crippen LogP contribution in [0.15, 0.2) is 11.6 Å². The first-order valence-corrected chi connectivity index (χ1v) is 5.14. The summed E-state index contributed by atoms with van der Waals surface area (Å²) in [5.74, 6) is -2.40. The Balaban J connectivity index is 4.42. The van der Waals surface area contributed by atoms with Crippen molar-refractivity contribution in [1.82, 2.24) is 0 Å². The predicted molar refractivity (Wildman–Crippen MR) is 58.6 cm³/mol. The molecule has 0 fully saturated rings. The van der Waals surface area contributed by atoms with E-state index in [-0.39, 0.29) is 11.5 Å². The maximum Gasteiger partial charge on any atom is 0.372 e. The molecule has 0 aliphatic rings. The van der Waals surface area contributed by atoms with Crippen molar-refractivity contribution in [3.63, 3.8) is 0 Å². The number of hydrogen-bond donors (Lipinski definition) is 1. The van der Waals surface area contributed by atoms with Gasteiger partial charge in [-0.1, -0.05) is 13.8 Å². The van der Waals surface area contributed by atoms with E-state index in [2.05, 4.69) is 9.93 Å². The Morgan fingerprint density at radius 3 is 2.12 bits per heavy atom. The van der Waals surface area contributed by atoms with Crippen LogP contribution >= 0.6 is 0 Å². The van der Waals surface area contributed by atoms with Gasteiger partial charge >= 0.3 is 11.9 Å². The zero-order chi connectivity index (χ0) is 13.6. The highest BCUT2D eigenvalue weighted by Crippen LogP contribution is 2.13. The molecule has 0 saturated carbocycles. The molecule has 17 heavy (non-hydrogen) atoms. The highest BCUT2D eigenvalue weighted by atomic mass is 17.5. The summed E-state index contributed by atoms with van der Waals surface area (Å²) in [6.45, 7) is 8.45. The molecule has 0 radical (unpaired) electrons. The molecule has 0 heterocycles. The van der Waals surface area contributed by atoms with Gasteiger partial charge in [0.05, 0.1) is 11.2 Å².